The molecule has 0 aromatic heterocycles. The van der Waals surface area contributed by atoms with Gasteiger partial charge in [0, 0.05) is 30.8 Å². The predicted molar refractivity (Wildman–Crippen MR) is 66.6 cm³/mol. The van der Waals surface area contributed by atoms with Gasteiger partial charge in [-0.2, -0.15) is 0 Å². The Bertz CT molecular complexity index is 463. The standard InChI is InChI=1S/C12H17FN2O3/c1-6-7(4-9(14)12(16)17)11(18-3)8(13)5-10(6)15-2/h5,9,15H,4,14H2,1-3H3,(H,16,17). The van der Waals surface area contributed by atoms with Gasteiger partial charge in [0.15, 0.2) is 11.6 Å². The monoisotopic (exact) mass is 256 g/mol. The van der Waals surface area contributed by atoms with Crippen molar-refractivity contribution in [2.45, 2.75) is 19.4 Å². The number of carbonyl (C=O) groups is 1. The number of rotatable bonds is 5. The summed E-state index contributed by atoms with van der Waals surface area (Å²) in [5.74, 6) is -1.63. The summed E-state index contributed by atoms with van der Waals surface area (Å²) >= 11 is 0. The maximum absolute atomic E-state index is 13.8. The van der Waals surface area contributed by atoms with Gasteiger partial charge in [0.2, 0.25) is 0 Å². The molecule has 0 bridgehead atoms. The molecule has 0 amide bonds. The third-order valence-electron chi connectivity index (χ3n) is 2.83. The molecule has 0 radical (unpaired) electrons. The number of halogens is 1. The molecule has 1 unspecified atom stereocenters. The van der Waals surface area contributed by atoms with Crippen molar-refractivity contribution in [1.29, 1.82) is 0 Å². The lowest BCUT2D eigenvalue weighted by molar-refractivity contribution is -0.138. The van der Waals surface area contributed by atoms with Crippen LogP contribution in [0, 0.1) is 12.7 Å². The highest BCUT2D eigenvalue weighted by atomic mass is 19.1. The van der Waals surface area contributed by atoms with Crippen LogP contribution < -0.4 is 15.8 Å². The van der Waals surface area contributed by atoms with Gasteiger partial charge in [-0.05, 0) is 12.5 Å². The first kappa shape index (κ1) is 14.2. The Labute approximate surface area is 105 Å². The van der Waals surface area contributed by atoms with Crippen LogP contribution in [0.1, 0.15) is 11.1 Å². The second kappa shape index (κ2) is 5.68. The molecule has 0 aliphatic carbocycles. The summed E-state index contributed by atoms with van der Waals surface area (Å²) in [4.78, 5) is 10.8. The lowest BCUT2D eigenvalue weighted by Gasteiger charge is -2.17. The zero-order valence-corrected chi connectivity index (χ0v) is 10.6. The number of hydrogen-bond acceptors (Lipinski definition) is 4. The molecule has 18 heavy (non-hydrogen) atoms. The molecule has 1 atom stereocenters. The zero-order valence-electron chi connectivity index (χ0n) is 10.6. The maximum Gasteiger partial charge on any atom is 0.320 e. The SMILES string of the molecule is CNc1cc(F)c(OC)c(CC(N)C(=O)O)c1C. The predicted octanol–water partition coefficient (Wildman–Crippen LogP) is 1.14. The molecule has 1 rings (SSSR count). The smallest absolute Gasteiger partial charge is 0.320 e. The summed E-state index contributed by atoms with van der Waals surface area (Å²) in [5.41, 5.74) is 7.27. The number of hydrogen-bond donors (Lipinski definition) is 3. The summed E-state index contributed by atoms with van der Waals surface area (Å²) in [5, 5.41) is 11.7. The summed E-state index contributed by atoms with van der Waals surface area (Å²) in [6.45, 7) is 1.76. The lowest BCUT2D eigenvalue weighted by atomic mass is 9.98. The van der Waals surface area contributed by atoms with Gasteiger partial charge in [0.1, 0.15) is 6.04 Å². The Kier molecular flexibility index (Phi) is 4.49. The van der Waals surface area contributed by atoms with Crippen LogP contribution in [0.15, 0.2) is 6.07 Å². The van der Waals surface area contributed by atoms with Crippen molar-refractivity contribution in [2.75, 3.05) is 19.5 Å². The fourth-order valence-corrected chi connectivity index (χ4v) is 1.81. The lowest BCUT2D eigenvalue weighted by Crippen LogP contribution is -2.32. The molecular formula is C12H17FN2O3. The Morgan fingerprint density at radius 1 is 1.67 bits per heavy atom. The van der Waals surface area contributed by atoms with Crippen molar-refractivity contribution >= 4 is 11.7 Å². The third-order valence-corrected chi connectivity index (χ3v) is 2.83. The van der Waals surface area contributed by atoms with Crippen LogP contribution in [0.4, 0.5) is 10.1 Å². The number of carboxylic acid groups (broad SMARTS) is 1. The van der Waals surface area contributed by atoms with Crippen LogP contribution in [-0.4, -0.2) is 31.3 Å². The minimum Gasteiger partial charge on any atom is -0.493 e. The topological polar surface area (TPSA) is 84.6 Å². The molecule has 100 valence electrons. The van der Waals surface area contributed by atoms with Crippen molar-refractivity contribution < 1.29 is 19.0 Å². The van der Waals surface area contributed by atoms with Gasteiger partial charge in [0.05, 0.1) is 7.11 Å². The Balaban J connectivity index is 3.29. The van der Waals surface area contributed by atoms with E-state index < -0.39 is 17.8 Å². The number of nitrogens with two attached hydrogens (primary N) is 1. The number of ether oxygens (including phenoxy) is 1. The van der Waals surface area contributed by atoms with E-state index >= 15 is 0 Å². The van der Waals surface area contributed by atoms with Crippen LogP contribution in [0.25, 0.3) is 0 Å². The minimum atomic E-state index is -1.13. The van der Waals surface area contributed by atoms with Gasteiger partial charge in [0.25, 0.3) is 0 Å². The van der Waals surface area contributed by atoms with Crippen LogP contribution in [0.2, 0.25) is 0 Å². The quantitative estimate of drug-likeness (QED) is 0.735. The van der Waals surface area contributed by atoms with E-state index in [0.29, 0.717) is 11.3 Å². The first-order valence-electron chi connectivity index (χ1n) is 5.44. The Morgan fingerprint density at radius 2 is 2.28 bits per heavy atom. The second-order valence-corrected chi connectivity index (χ2v) is 3.94. The molecule has 0 saturated heterocycles. The fourth-order valence-electron chi connectivity index (χ4n) is 1.81. The highest BCUT2D eigenvalue weighted by molar-refractivity contribution is 5.74. The van der Waals surface area contributed by atoms with E-state index in [1.165, 1.54) is 13.2 Å². The van der Waals surface area contributed by atoms with E-state index in [9.17, 15) is 9.18 Å². The summed E-state index contributed by atoms with van der Waals surface area (Å²) in [6.07, 6.45) is 0.0107. The van der Waals surface area contributed by atoms with Gasteiger partial charge in [-0.3, -0.25) is 4.79 Å². The molecule has 0 fully saturated rings. The molecule has 4 N–H and O–H groups in total. The van der Waals surface area contributed by atoms with Gasteiger partial charge < -0.3 is 20.9 Å². The second-order valence-electron chi connectivity index (χ2n) is 3.94. The molecule has 0 aliphatic heterocycles. The Morgan fingerprint density at radius 3 is 2.72 bits per heavy atom. The van der Waals surface area contributed by atoms with Crippen LogP contribution in [0.5, 0.6) is 5.75 Å². The summed E-state index contributed by atoms with van der Waals surface area (Å²) in [6, 6.07) is 0.216. The third kappa shape index (κ3) is 2.70. The van der Waals surface area contributed by atoms with E-state index in [2.05, 4.69) is 5.32 Å². The van der Waals surface area contributed by atoms with Crippen molar-refractivity contribution in [3.8, 4) is 5.75 Å². The summed E-state index contributed by atoms with van der Waals surface area (Å²) in [7, 11) is 3.00. The molecule has 0 spiro atoms. The number of anilines is 1. The fraction of sp³-hybridized carbons (Fsp3) is 0.417. The minimum absolute atomic E-state index is 0.0107. The van der Waals surface area contributed by atoms with Gasteiger partial charge in [-0.25, -0.2) is 4.39 Å². The molecule has 0 heterocycles. The van der Waals surface area contributed by atoms with Crippen LogP contribution in [0.3, 0.4) is 0 Å². The van der Waals surface area contributed by atoms with E-state index in [1.807, 2.05) is 0 Å². The van der Waals surface area contributed by atoms with Gasteiger partial charge >= 0.3 is 5.97 Å². The Hall–Kier alpha value is -1.82. The number of methoxy groups -OCH3 is 1. The number of carboxylic acids is 1. The molecule has 6 heteroatoms. The average molecular weight is 256 g/mol. The van der Waals surface area contributed by atoms with E-state index in [4.69, 9.17) is 15.6 Å². The average Bonchev–Trinajstić information content (AvgIpc) is 2.33. The van der Waals surface area contributed by atoms with Crippen molar-refractivity contribution in [3.05, 3.63) is 23.0 Å². The van der Waals surface area contributed by atoms with Crippen LogP contribution >= 0.6 is 0 Å². The van der Waals surface area contributed by atoms with Gasteiger partial charge in [-0.1, -0.05) is 0 Å². The highest BCUT2D eigenvalue weighted by Crippen LogP contribution is 2.32. The molecule has 0 aliphatic rings. The normalized spacial score (nSPS) is 12.1. The number of nitrogens with one attached hydrogen (secondary N) is 1. The van der Waals surface area contributed by atoms with E-state index in [1.54, 1.807) is 14.0 Å². The molecular weight excluding hydrogens is 239 g/mol. The molecule has 1 aromatic rings. The zero-order chi connectivity index (χ0) is 13.9. The largest absolute Gasteiger partial charge is 0.493 e. The van der Waals surface area contributed by atoms with E-state index in [0.717, 1.165) is 5.56 Å². The van der Waals surface area contributed by atoms with Crippen molar-refractivity contribution in [3.63, 3.8) is 0 Å². The van der Waals surface area contributed by atoms with Gasteiger partial charge in [-0.15, -0.1) is 0 Å². The van der Waals surface area contributed by atoms with Crippen molar-refractivity contribution in [1.82, 2.24) is 0 Å². The molecule has 1 aromatic carbocycles. The highest BCUT2D eigenvalue weighted by Gasteiger charge is 2.21. The van der Waals surface area contributed by atoms with E-state index in [-0.39, 0.29) is 12.2 Å². The molecule has 5 nitrogen and oxygen atoms in total. The molecule has 0 saturated carbocycles. The summed E-state index contributed by atoms with van der Waals surface area (Å²) < 4.78 is 18.8. The van der Waals surface area contributed by atoms with Crippen LogP contribution in [-0.2, 0) is 11.2 Å². The maximum atomic E-state index is 13.8. The number of benzene rings is 1. The van der Waals surface area contributed by atoms with Crippen molar-refractivity contribution in [2.24, 2.45) is 5.73 Å². The first-order chi connectivity index (χ1) is 8.42. The number of aliphatic carboxylic acids is 1. The first-order valence-corrected chi connectivity index (χ1v) is 5.44.